The Balaban J connectivity index is 2.02. The third-order valence-electron chi connectivity index (χ3n) is 10.8. The van der Waals surface area contributed by atoms with Crippen LogP contribution >= 0.6 is 0 Å². The summed E-state index contributed by atoms with van der Waals surface area (Å²) in [5.41, 5.74) is -0.649. The highest BCUT2D eigenvalue weighted by atomic mass is 16.6. The fourth-order valence-electron chi connectivity index (χ4n) is 8.90. The maximum absolute atomic E-state index is 13.1. The molecule has 9 atom stereocenters. The normalized spacial score (nSPS) is 34.8. The summed E-state index contributed by atoms with van der Waals surface area (Å²) in [7, 11) is 1.28. The van der Waals surface area contributed by atoms with Gasteiger partial charge >= 0.3 is 29.8 Å². The van der Waals surface area contributed by atoms with E-state index in [1.807, 2.05) is 33.8 Å². The molecular formula is C35H46O11. The Labute approximate surface area is 270 Å². The molecule has 1 aromatic heterocycles. The molecule has 0 N–H and O–H groups in total. The van der Waals surface area contributed by atoms with Crippen molar-refractivity contribution in [1.82, 2.24) is 0 Å². The molecule has 0 unspecified atom stereocenters. The van der Waals surface area contributed by atoms with Crippen LogP contribution in [0.25, 0.3) is 0 Å². The van der Waals surface area contributed by atoms with Gasteiger partial charge in [-0.1, -0.05) is 40.3 Å². The summed E-state index contributed by atoms with van der Waals surface area (Å²) in [6.45, 7) is 17.4. The third-order valence-corrected chi connectivity index (χ3v) is 10.8. The lowest BCUT2D eigenvalue weighted by Crippen LogP contribution is -2.67. The molecule has 2 saturated carbocycles. The summed E-state index contributed by atoms with van der Waals surface area (Å²) in [6, 6.07) is 1.86. The lowest BCUT2D eigenvalue weighted by Gasteiger charge is -2.63. The van der Waals surface area contributed by atoms with E-state index < -0.39 is 82.3 Å². The highest BCUT2D eigenvalue weighted by Gasteiger charge is 2.69. The van der Waals surface area contributed by atoms with E-state index in [-0.39, 0.29) is 18.8 Å². The Hall–Kier alpha value is -3.89. The van der Waals surface area contributed by atoms with Gasteiger partial charge in [0.15, 0.2) is 0 Å². The quantitative estimate of drug-likeness (QED) is 0.272. The van der Waals surface area contributed by atoms with Gasteiger partial charge in [-0.3, -0.25) is 24.0 Å². The number of methoxy groups -OCH3 is 1. The van der Waals surface area contributed by atoms with Crippen molar-refractivity contribution in [2.75, 3.05) is 7.11 Å². The van der Waals surface area contributed by atoms with Gasteiger partial charge in [-0.05, 0) is 35.1 Å². The highest BCUT2D eigenvalue weighted by Crippen LogP contribution is 2.67. The zero-order valence-electron chi connectivity index (χ0n) is 28.2. The topological polar surface area (TPSA) is 145 Å². The Kier molecular flexibility index (Phi) is 9.67. The molecule has 2 fully saturated rings. The van der Waals surface area contributed by atoms with Gasteiger partial charge in [0.25, 0.3) is 0 Å². The van der Waals surface area contributed by atoms with E-state index in [2.05, 4.69) is 12.7 Å². The number of ether oxygens (including phenoxy) is 5. The second kappa shape index (κ2) is 12.7. The molecule has 3 aliphatic rings. The molecule has 4 rings (SSSR count). The minimum Gasteiger partial charge on any atom is -0.472 e. The minimum atomic E-state index is -1.19. The Morgan fingerprint density at radius 3 is 2.00 bits per heavy atom. The Morgan fingerprint density at radius 1 is 0.891 bits per heavy atom. The molecule has 1 heterocycles. The zero-order chi connectivity index (χ0) is 34.4. The first kappa shape index (κ1) is 35.0. The van der Waals surface area contributed by atoms with Crippen molar-refractivity contribution in [3.05, 3.63) is 48.0 Å². The number of rotatable bonds is 8. The molecule has 0 bridgehead atoms. The van der Waals surface area contributed by atoms with Crippen LogP contribution in [0.1, 0.15) is 86.1 Å². The van der Waals surface area contributed by atoms with Crippen molar-refractivity contribution in [2.45, 2.75) is 105 Å². The number of carbonyl (C=O) groups is 5. The molecule has 1 aromatic rings. The number of esters is 5. The van der Waals surface area contributed by atoms with Crippen molar-refractivity contribution in [2.24, 2.45) is 28.1 Å². The van der Waals surface area contributed by atoms with E-state index in [9.17, 15) is 24.0 Å². The highest BCUT2D eigenvalue weighted by molar-refractivity contribution is 5.71. The average Bonchev–Trinajstić information content (AvgIpc) is 3.59. The first-order chi connectivity index (χ1) is 21.4. The third kappa shape index (κ3) is 5.88. The molecule has 0 aliphatic heterocycles. The Bertz CT molecular complexity index is 1420. The maximum atomic E-state index is 13.1. The van der Waals surface area contributed by atoms with Gasteiger partial charge in [0.05, 0.1) is 19.6 Å². The van der Waals surface area contributed by atoms with Gasteiger partial charge < -0.3 is 28.1 Å². The van der Waals surface area contributed by atoms with E-state index in [0.717, 1.165) is 11.1 Å². The van der Waals surface area contributed by atoms with Crippen molar-refractivity contribution < 1.29 is 52.1 Å². The van der Waals surface area contributed by atoms with E-state index >= 15 is 0 Å². The van der Waals surface area contributed by atoms with Gasteiger partial charge in [0.2, 0.25) is 0 Å². The van der Waals surface area contributed by atoms with E-state index in [0.29, 0.717) is 12.0 Å². The molecular weight excluding hydrogens is 596 g/mol. The van der Waals surface area contributed by atoms with Crippen LogP contribution in [0.4, 0.5) is 0 Å². The number of carbonyl (C=O) groups excluding carboxylic acids is 5. The van der Waals surface area contributed by atoms with Gasteiger partial charge in [-0.25, -0.2) is 0 Å². The lowest BCUT2D eigenvalue weighted by molar-refractivity contribution is -0.233. The fourth-order valence-corrected chi connectivity index (χ4v) is 8.90. The number of hydrogen-bond acceptors (Lipinski definition) is 11. The monoisotopic (exact) mass is 642 g/mol. The summed E-state index contributed by atoms with van der Waals surface area (Å²) < 4.78 is 34.7. The van der Waals surface area contributed by atoms with Gasteiger partial charge in [0.1, 0.15) is 24.4 Å². The van der Waals surface area contributed by atoms with Crippen molar-refractivity contribution in [3.8, 4) is 0 Å². The fraction of sp³-hybridized carbons (Fsp3) is 0.629. The van der Waals surface area contributed by atoms with Crippen LogP contribution in [0.2, 0.25) is 0 Å². The SMILES string of the molecule is C=C1C2=CC[C@H](c3ccoc3)[C@]2(C)[C@@H](OC(C)=O)[C@H](OC(C)=O)[C@@H]1[C@@]1(C)[C@@H](OC(C)=O)C[C@H](OC(C)=O)C(C)(C)[C@@H]1CC(=O)OC. The molecule has 0 saturated heterocycles. The van der Waals surface area contributed by atoms with Crippen LogP contribution in [0, 0.1) is 28.1 Å². The maximum Gasteiger partial charge on any atom is 0.305 e. The molecule has 0 amide bonds. The number of fused-ring (bicyclic) bond motifs is 1. The van der Waals surface area contributed by atoms with Crippen LogP contribution < -0.4 is 0 Å². The first-order valence-electron chi connectivity index (χ1n) is 15.6. The van der Waals surface area contributed by atoms with E-state index in [1.54, 1.807) is 12.5 Å². The molecule has 0 spiro atoms. The first-order valence-corrected chi connectivity index (χ1v) is 15.6. The number of furan rings is 1. The van der Waals surface area contributed by atoms with Gasteiger partial charge in [-0.2, -0.15) is 0 Å². The predicted octanol–water partition coefficient (Wildman–Crippen LogP) is 5.23. The van der Waals surface area contributed by atoms with Crippen molar-refractivity contribution in [1.29, 1.82) is 0 Å². The summed E-state index contributed by atoms with van der Waals surface area (Å²) in [5.74, 6) is -4.52. The standard InChI is InChI=1S/C35H46O11/c1-18-24-11-12-25(23-13-14-42-17-23)34(24,8)32(46-22(5)39)31(45-21(4)38)30(18)35(9)26(15-29(40)41-10)33(6,7)27(43-19(2)36)16-28(35)44-20(3)37/h11,13-14,17,25-28,30-32H,1,12,15-16H2,2-10H3/t25-,26+,27+,28+,30-,31-,32+,34-,35-/m1/s1. The summed E-state index contributed by atoms with van der Waals surface area (Å²) in [5, 5.41) is 0. The van der Waals surface area contributed by atoms with E-state index in [4.69, 9.17) is 28.1 Å². The Morgan fingerprint density at radius 2 is 1.48 bits per heavy atom. The van der Waals surface area contributed by atoms with Gasteiger partial charge in [0, 0.05) is 68.6 Å². The van der Waals surface area contributed by atoms with Gasteiger partial charge in [-0.15, -0.1) is 0 Å². The average molecular weight is 643 g/mol. The minimum absolute atomic E-state index is 0.100. The predicted molar refractivity (Wildman–Crippen MR) is 164 cm³/mol. The second-order valence-electron chi connectivity index (χ2n) is 13.8. The van der Waals surface area contributed by atoms with E-state index in [1.165, 1.54) is 34.8 Å². The smallest absolute Gasteiger partial charge is 0.305 e. The zero-order valence-corrected chi connectivity index (χ0v) is 28.2. The van der Waals surface area contributed by atoms with Crippen LogP contribution in [-0.2, 0) is 47.7 Å². The van der Waals surface area contributed by atoms with Crippen molar-refractivity contribution >= 4 is 29.8 Å². The number of hydrogen-bond donors (Lipinski definition) is 0. The molecule has 46 heavy (non-hydrogen) atoms. The summed E-state index contributed by atoms with van der Waals surface area (Å²) in [6.07, 6.45) is 2.02. The molecule has 252 valence electrons. The van der Waals surface area contributed by atoms with Crippen LogP contribution in [0.3, 0.4) is 0 Å². The molecule has 3 aliphatic carbocycles. The molecule has 0 radical (unpaired) electrons. The van der Waals surface area contributed by atoms with Crippen LogP contribution in [0.5, 0.6) is 0 Å². The molecule has 0 aromatic carbocycles. The largest absolute Gasteiger partial charge is 0.472 e. The lowest BCUT2D eigenvalue weighted by atomic mass is 9.44. The molecule has 11 heteroatoms. The summed E-state index contributed by atoms with van der Waals surface area (Å²) in [4.78, 5) is 63.8. The molecule has 11 nitrogen and oxygen atoms in total. The van der Waals surface area contributed by atoms with Crippen LogP contribution in [0.15, 0.2) is 46.8 Å². The second-order valence-corrected chi connectivity index (χ2v) is 13.8. The van der Waals surface area contributed by atoms with Crippen LogP contribution in [-0.4, -0.2) is 61.4 Å². The summed E-state index contributed by atoms with van der Waals surface area (Å²) >= 11 is 0. The van der Waals surface area contributed by atoms with Crippen molar-refractivity contribution in [3.63, 3.8) is 0 Å². The number of allylic oxidation sites excluding steroid dienone is 1.